The molecule has 0 amide bonds. The molecule has 0 aliphatic carbocycles. The number of nitrogens with one attached hydrogen (secondary N) is 2. The lowest BCUT2D eigenvalue weighted by Crippen LogP contribution is -2.35. The number of aromatic amines is 1. The maximum atomic E-state index is 15.1. The third kappa shape index (κ3) is 4.64. The largest absolute Gasteiger partial charge is 0.393 e. The summed E-state index contributed by atoms with van der Waals surface area (Å²) in [4.78, 5) is 22.4. The van der Waals surface area contributed by atoms with Crippen LogP contribution in [0, 0.1) is 5.82 Å². The minimum absolute atomic E-state index is 0.236. The summed E-state index contributed by atoms with van der Waals surface area (Å²) in [5.41, 5.74) is 3.30. The Bertz CT molecular complexity index is 1410. The molecule has 1 aliphatic heterocycles. The van der Waals surface area contributed by atoms with Gasteiger partial charge in [-0.1, -0.05) is 32.0 Å². The number of rotatable bonds is 5. The quantitative estimate of drug-likeness (QED) is 0.354. The zero-order valence-electron chi connectivity index (χ0n) is 19.9. The van der Waals surface area contributed by atoms with Crippen molar-refractivity contribution in [2.75, 3.05) is 23.3 Å². The van der Waals surface area contributed by atoms with E-state index >= 15 is 4.39 Å². The molecule has 7 heteroatoms. The second-order valence-corrected chi connectivity index (χ2v) is 9.40. The number of aromatic nitrogens is 2. The number of hydrogen-bond donors (Lipinski definition) is 3. The molecule has 180 valence electrons. The van der Waals surface area contributed by atoms with Gasteiger partial charge in [0, 0.05) is 30.4 Å². The molecule has 0 bridgehead atoms. The van der Waals surface area contributed by atoms with E-state index in [4.69, 9.17) is 0 Å². The van der Waals surface area contributed by atoms with E-state index < -0.39 is 0 Å². The van der Waals surface area contributed by atoms with Crippen molar-refractivity contribution in [1.82, 2.24) is 9.97 Å². The average Bonchev–Trinajstić information content (AvgIpc) is 2.86. The fourth-order valence-electron chi connectivity index (χ4n) is 4.64. The van der Waals surface area contributed by atoms with Crippen LogP contribution < -0.4 is 15.8 Å². The zero-order chi connectivity index (χ0) is 24.5. The lowest BCUT2D eigenvalue weighted by Gasteiger charge is -2.31. The molecule has 5 rings (SSSR count). The number of anilines is 3. The molecule has 0 atom stereocenters. The predicted molar refractivity (Wildman–Crippen MR) is 139 cm³/mol. The van der Waals surface area contributed by atoms with Crippen molar-refractivity contribution in [3.05, 3.63) is 82.7 Å². The fraction of sp³-hybridized carbons (Fsp3) is 0.286. The van der Waals surface area contributed by atoms with Gasteiger partial charge in [0.25, 0.3) is 5.56 Å². The van der Waals surface area contributed by atoms with Gasteiger partial charge in [-0.3, -0.25) is 4.79 Å². The van der Waals surface area contributed by atoms with Crippen molar-refractivity contribution in [1.29, 1.82) is 0 Å². The first-order chi connectivity index (χ1) is 16.9. The van der Waals surface area contributed by atoms with Crippen LogP contribution in [-0.2, 0) is 0 Å². The van der Waals surface area contributed by atoms with Crippen LogP contribution >= 0.6 is 0 Å². The maximum absolute atomic E-state index is 15.1. The molecule has 3 heterocycles. The van der Waals surface area contributed by atoms with Crippen molar-refractivity contribution in [2.24, 2.45) is 0 Å². The number of fused-ring (bicyclic) bond motifs is 1. The van der Waals surface area contributed by atoms with Crippen molar-refractivity contribution in [3.8, 4) is 11.1 Å². The van der Waals surface area contributed by atoms with Gasteiger partial charge in [0.1, 0.15) is 11.6 Å². The highest BCUT2D eigenvalue weighted by Crippen LogP contribution is 2.37. The summed E-state index contributed by atoms with van der Waals surface area (Å²) in [5, 5.41) is 14.3. The lowest BCUT2D eigenvalue weighted by atomic mass is 9.94. The molecule has 0 radical (unpaired) electrons. The van der Waals surface area contributed by atoms with E-state index in [2.05, 4.69) is 34.0 Å². The van der Waals surface area contributed by atoms with Crippen LogP contribution in [-0.4, -0.2) is 34.3 Å². The van der Waals surface area contributed by atoms with Gasteiger partial charge in [-0.15, -0.1) is 0 Å². The molecule has 1 saturated heterocycles. The van der Waals surface area contributed by atoms with Gasteiger partial charge in [-0.2, -0.15) is 0 Å². The summed E-state index contributed by atoms with van der Waals surface area (Å²) in [6, 6.07) is 14.5. The summed E-state index contributed by atoms with van der Waals surface area (Å²) >= 11 is 0. The minimum Gasteiger partial charge on any atom is -0.393 e. The highest BCUT2D eigenvalue weighted by Gasteiger charge is 2.19. The van der Waals surface area contributed by atoms with Gasteiger partial charge in [0.15, 0.2) is 0 Å². The standard InChI is InChI=1S/C28H29FN4O2/c1-17(2)19-4-7-24(29)23(15-19)22-6-3-18-9-12-30-28(35)26(18)27(22)32-25-8-5-20(16-31-25)33-13-10-21(34)11-14-33/h3-9,12,15-17,21,34H,10-11,13-14H2,1-2H3,(H,30,35)(H,31,32). The molecule has 1 fully saturated rings. The van der Waals surface area contributed by atoms with Crippen LogP contribution in [0.1, 0.15) is 38.2 Å². The molecular weight excluding hydrogens is 443 g/mol. The second kappa shape index (κ2) is 9.50. The summed E-state index contributed by atoms with van der Waals surface area (Å²) in [6.07, 6.45) is 4.63. The van der Waals surface area contributed by atoms with Crippen molar-refractivity contribution >= 4 is 28.0 Å². The van der Waals surface area contributed by atoms with Crippen LogP contribution in [0.4, 0.5) is 21.6 Å². The zero-order valence-corrected chi connectivity index (χ0v) is 19.9. The number of aliphatic hydroxyl groups excluding tert-OH is 1. The monoisotopic (exact) mass is 472 g/mol. The molecule has 2 aromatic heterocycles. The van der Waals surface area contributed by atoms with Crippen molar-refractivity contribution in [3.63, 3.8) is 0 Å². The van der Waals surface area contributed by atoms with Crippen LogP contribution in [0.2, 0.25) is 0 Å². The van der Waals surface area contributed by atoms with Gasteiger partial charge >= 0.3 is 0 Å². The van der Waals surface area contributed by atoms with E-state index in [1.165, 1.54) is 6.07 Å². The summed E-state index contributed by atoms with van der Waals surface area (Å²) in [6.45, 7) is 5.69. The molecule has 0 unspecified atom stereocenters. The molecule has 4 aromatic rings. The summed E-state index contributed by atoms with van der Waals surface area (Å²) in [7, 11) is 0. The Kier molecular flexibility index (Phi) is 6.26. The van der Waals surface area contributed by atoms with E-state index in [1.807, 2.05) is 36.4 Å². The minimum atomic E-state index is -0.347. The van der Waals surface area contributed by atoms with Gasteiger partial charge in [0.05, 0.1) is 29.1 Å². The van der Waals surface area contributed by atoms with E-state index in [0.717, 1.165) is 42.6 Å². The Labute approximate surface area is 203 Å². The van der Waals surface area contributed by atoms with Crippen LogP contribution in [0.5, 0.6) is 0 Å². The summed E-state index contributed by atoms with van der Waals surface area (Å²) < 4.78 is 15.1. The first kappa shape index (κ1) is 23.1. The Balaban J connectivity index is 1.58. The van der Waals surface area contributed by atoms with E-state index in [-0.39, 0.29) is 23.4 Å². The smallest absolute Gasteiger partial charge is 0.257 e. The van der Waals surface area contributed by atoms with E-state index in [9.17, 15) is 9.90 Å². The SMILES string of the molecule is CC(C)c1ccc(F)c(-c2ccc3cc[nH]c(=O)c3c2Nc2ccc(N3CCC(O)CC3)cn2)c1. The first-order valence-corrected chi connectivity index (χ1v) is 12.0. The number of piperidine rings is 1. The topological polar surface area (TPSA) is 81.2 Å². The number of H-pyrrole nitrogens is 1. The number of halogens is 1. The van der Waals surface area contributed by atoms with Gasteiger partial charge in [-0.05, 0) is 60.0 Å². The molecule has 0 saturated carbocycles. The third-order valence-corrected chi connectivity index (χ3v) is 6.72. The van der Waals surface area contributed by atoms with E-state index in [0.29, 0.717) is 28.0 Å². The Morgan fingerprint density at radius 1 is 1.09 bits per heavy atom. The number of aliphatic hydroxyl groups is 1. The lowest BCUT2D eigenvalue weighted by molar-refractivity contribution is 0.145. The Hall–Kier alpha value is -3.71. The predicted octanol–water partition coefficient (Wildman–Crippen LogP) is 5.56. The second-order valence-electron chi connectivity index (χ2n) is 9.40. The molecule has 35 heavy (non-hydrogen) atoms. The Morgan fingerprint density at radius 2 is 1.89 bits per heavy atom. The van der Waals surface area contributed by atoms with Crippen LogP contribution in [0.15, 0.2) is 65.7 Å². The highest BCUT2D eigenvalue weighted by atomic mass is 19.1. The molecule has 2 aromatic carbocycles. The number of pyridine rings is 2. The number of hydrogen-bond acceptors (Lipinski definition) is 5. The number of benzene rings is 2. The molecule has 0 spiro atoms. The molecule has 1 aliphatic rings. The van der Waals surface area contributed by atoms with Gasteiger partial charge in [-0.25, -0.2) is 9.37 Å². The molecule has 3 N–H and O–H groups in total. The fourth-order valence-corrected chi connectivity index (χ4v) is 4.64. The van der Waals surface area contributed by atoms with Gasteiger partial charge < -0.3 is 20.3 Å². The number of nitrogens with zero attached hydrogens (tertiary/aromatic N) is 2. The van der Waals surface area contributed by atoms with Crippen LogP contribution in [0.25, 0.3) is 21.9 Å². The summed E-state index contributed by atoms with van der Waals surface area (Å²) in [5.74, 6) is 0.447. The van der Waals surface area contributed by atoms with Crippen LogP contribution in [0.3, 0.4) is 0 Å². The van der Waals surface area contributed by atoms with Crippen molar-refractivity contribution < 1.29 is 9.50 Å². The maximum Gasteiger partial charge on any atom is 0.257 e. The van der Waals surface area contributed by atoms with Crippen molar-refractivity contribution in [2.45, 2.75) is 38.7 Å². The molecular formula is C28H29FN4O2. The van der Waals surface area contributed by atoms with E-state index in [1.54, 1.807) is 18.5 Å². The third-order valence-electron chi connectivity index (χ3n) is 6.72. The Morgan fingerprint density at radius 3 is 2.60 bits per heavy atom. The normalized spacial score (nSPS) is 14.6. The highest BCUT2D eigenvalue weighted by molar-refractivity contribution is 6.02. The average molecular weight is 473 g/mol. The van der Waals surface area contributed by atoms with Gasteiger partial charge in [0.2, 0.25) is 0 Å². The first-order valence-electron chi connectivity index (χ1n) is 12.0. The molecule has 6 nitrogen and oxygen atoms in total.